The number of rotatable bonds is 1. The van der Waals surface area contributed by atoms with Gasteiger partial charge in [-0.2, -0.15) is 0 Å². The average molecular weight is 192 g/mol. The Kier molecular flexibility index (Phi) is 2.57. The van der Waals surface area contributed by atoms with E-state index in [2.05, 4.69) is 12.1 Å². The Balaban J connectivity index is 2.03. The molecule has 0 amide bonds. The normalized spacial score (nSPS) is 32.9. The summed E-state index contributed by atoms with van der Waals surface area (Å²) in [6, 6.07) is 10.2. The van der Waals surface area contributed by atoms with Gasteiger partial charge in [-0.25, -0.2) is 0 Å². The molecule has 1 aliphatic rings. The predicted octanol–water partition coefficient (Wildman–Crippen LogP) is 2.29. The Morgan fingerprint density at radius 3 is 2.64 bits per heavy atom. The fourth-order valence-corrected chi connectivity index (χ4v) is 1.81. The third-order valence-corrected chi connectivity index (χ3v) is 2.71. The van der Waals surface area contributed by atoms with Gasteiger partial charge in [0.25, 0.3) is 0 Å². The molecule has 2 atom stereocenters. The molecule has 1 fully saturated rings. The SMILES string of the molecule is CC1(O)CCC(c2ccccc2)OC1. The number of hydrogen-bond donors (Lipinski definition) is 1. The first-order valence-corrected chi connectivity index (χ1v) is 5.06. The number of benzene rings is 1. The van der Waals surface area contributed by atoms with E-state index in [9.17, 15) is 5.11 Å². The molecule has 0 bridgehead atoms. The molecule has 1 aliphatic heterocycles. The number of aliphatic hydroxyl groups is 1. The van der Waals surface area contributed by atoms with Crippen molar-refractivity contribution in [1.29, 1.82) is 0 Å². The van der Waals surface area contributed by atoms with Crippen LogP contribution < -0.4 is 0 Å². The van der Waals surface area contributed by atoms with Crippen LogP contribution in [-0.4, -0.2) is 17.3 Å². The van der Waals surface area contributed by atoms with Crippen LogP contribution in [0.3, 0.4) is 0 Å². The van der Waals surface area contributed by atoms with Crippen LogP contribution in [0, 0.1) is 0 Å². The molecule has 0 saturated carbocycles. The van der Waals surface area contributed by atoms with Crippen molar-refractivity contribution >= 4 is 0 Å². The maximum Gasteiger partial charge on any atom is 0.0853 e. The van der Waals surface area contributed by atoms with Gasteiger partial charge in [0.05, 0.1) is 18.3 Å². The molecule has 1 N–H and O–H groups in total. The van der Waals surface area contributed by atoms with Crippen molar-refractivity contribution in [3.8, 4) is 0 Å². The monoisotopic (exact) mass is 192 g/mol. The first-order chi connectivity index (χ1) is 6.67. The van der Waals surface area contributed by atoms with Gasteiger partial charge in [-0.3, -0.25) is 0 Å². The lowest BCUT2D eigenvalue weighted by Gasteiger charge is -2.33. The van der Waals surface area contributed by atoms with E-state index in [0.29, 0.717) is 6.61 Å². The maximum atomic E-state index is 9.71. The molecule has 1 saturated heterocycles. The van der Waals surface area contributed by atoms with Crippen LogP contribution in [0.1, 0.15) is 31.4 Å². The van der Waals surface area contributed by atoms with Gasteiger partial charge in [0.1, 0.15) is 0 Å². The summed E-state index contributed by atoms with van der Waals surface area (Å²) in [7, 11) is 0. The molecule has 1 aromatic carbocycles. The summed E-state index contributed by atoms with van der Waals surface area (Å²) in [5.74, 6) is 0. The molecule has 2 heteroatoms. The van der Waals surface area contributed by atoms with Crippen LogP contribution in [0.25, 0.3) is 0 Å². The molecule has 0 aromatic heterocycles. The number of hydrogen-bond acceptors (Lipinski definition) is 2. The van der Waals surface area contributed by atoms with Crippen LogP contribution in [0.4, 0.5) is 0 Å². The summed E-state index contributed by atoms with van der Waals surface area (Å²) in [4.78, 5) is 0. The smallest absolute Gasteiger partial charge is 0.0853 e. The highest BCUT2D eigenvalue weighted by atomic mass is 16.5. The van der Waals surface area contributed by atoms with E-state index >= 15 is 0 Å². The van der Waals surface area contributed by atoms with Crippen molar-refractivity contribution < 1.29 is 9.84 Å². The first kappa shape index (κ1) is 9.69. The van der Waals surface area contributed by atoms with Gasteiger partial charge in [0, 0.05) is 0 Å². The summed E-state index contributed by atoms with van der Waals surface area (Å²) >= 11 is 0. The van der Waals surface area contributed by atoms with Crippen molar-refractivity contribution in [3.05, 3.63) is 35.9 Å². The molecule has 2 unspecified atom stereocenters. The fraction of sp³-hybridized carbons (Fsp3) is 0.500. The third kappa shape index (κ3) is 2.14. The van der Waals surface area contributed by atoms with Gasteiger partial charge < -0.3 is 9.84 Å². The summed E-state index contributed by atoms with van der Waals surface area (Å²) < 4.78 is 5.63. The van der Waals surface area contributed by atoms with Gasteiger partial charge in [-0.05, 0) is 25.3 Å². The fourth-order valence-electron chi connectivity index (χ4n) is 1.81. The van der Waals surface area contributed by atoms with Gasteiger partial charge in [-0.15, -0.1) is 0 Å². The van der Waals surface area contributed by atoms with E-state index in [4.69, 9.17) is 4.74 Å². The van der Waals surface area contributed by atoms with E-state index in [1.54, 1.807) is 0 Å². The molecule has 1 aromatic rings. The Hall–Kier alpha value is -0.860. The van der Waals surface area contributed by atoms with Crippen molar-refractivity contribution in [1.82, 2.24) is 0 Å². The average Bonchev–Trinajstić information content (AvgIpc) is 2.19. The van der Waals surface area contributed by atoms with E-state index in [1.165, 1.54) is 5.56 Å². The third-order valence-electron chi connectivity index (χ3n) is 2.71. The minimum Gasteiger partial charge on any atom is -0.388 e. The second-order valence-corrected chi connectivity index (χ2v) is 4.25. The quantitative estimate of drug-likeness (QED) is 0.739. The van der Waals surface area contributed by atoms with Crippen molar-refractivity contribution in [2.24, 2.45) is 0 Å². The summed E-state index contributed by atoms with van der Waals surface area (Å²) in [6.45, 7) is 2.26. The van der Waals surface area contributed by atoms with E-state index in [1.807, 2.05) is 25.1 Å². The summed E-state index contributed by atoms with van der Waals surface area (Å²) in [5.41, 5.74) is 0.577. The Bertz CT molecular complexity index is 282. The van der Waals surface area contributed by atoms with Crippen LogP contribution in [0.2, 0.25) is 0 Å². The predicted molar refractivity (Wildman–Crippen MR) is 55.0 cm³/mol. The molecule has 76 valence electrons. The second-order valence-electron chi connectivity index (χ2n) is 4.25. The highest BCUT2D eigenvalue weighted by Gasteiger charge is 2.29. The summed E-state index contributed by atoms with van der Waals surface area (Å²) in [6.07, 6.45) is 1.88. The van der Waals surface area contributed by atoms with E-state index < -0.39 is 5.60 Å². The molecule has 0 aliphatic carbocycles. The highest BCUT2D eigenvalue weighted by Crippen LogP contribution is 2.31. The minimum absolute atomic E-state index is 0.163. The second kappa shape index (κ2) is 3.71. The minimum atomic E-state index is -0.634. The van der Waals surface area contributed by atoms with Crippen molar-refractivity contribution in [2.45, 2.75) is 31.5 Å². The Morgan fingerprint density at radius 1 is 1.36 bits per heavy atom. The van der Waals surface area contributed by atoms with Crippen molar-refractivity contribution in [2.75, 3.05) is 6.61 Å². The van der Waals surface area contributed by atoms with Crippen molar-refractivity contribution in [3.63, 3.8) is 0 Å². The molecule has 2 nitrogen and oxygen atoms in total. The Morgan fingerprint density at radius 2 is 2.07 bits per heavy atom. The molecule has 2 rings (SSSR count). The topological polar surface area (TPSA) is 29.5 Å². The highest BCUT2D eigenvalue weighted by molar-refractivity contribution is 5.18. The van der Waals surface area contributed by atoms with E-state index in [-0.39, 0.29) is 6.10 Å². The zero-order chi connectivity index (χ0) is 10.0. The van der Waals surface area contributed by atoms with Gasteiger partial charge in [-0.1, -0.05) is 30.3 Å². The molecular weight excluding hydrogens is 176 g/mol. The zero-order valence-corrected chi connectivity index (χ0v) is 8.44. The Labute approximate surface area is 84.5 Å². The zero-order valence-electron chi connectivity index (χ0n) is 8.44. The van der Waals surface area contributed by atoms with Crippen LogP contribution in [-0.2, 0) is 4.74 Å². The number of ether oxygens (including phenoxy) is 1. The lowest BCUT2D eigenvalue weighted by Crippen LogP contribution is -2.36. The van der Waals surface area contributed by atoms with Gasteiger partial charge in [0.2, 0.25) is 0 Å². The van der Waals surface area contributed by atoms with E-state index in [0.717, 1.165) is 12.8 Å². The molecule has 14 heavy (non-hydrogen) atoms. The van der Waals surface area contributed by atoms with Gasteiger partial charge in [0.15, 0.2) is 0 Å². The molecule has 0 spiro atoms. The molecule has 0 radical (unpaired) electrons. The molecule has 1 heterocycles. The first-order valence-electron chi connectivity index (χ1n) is 5.06. The lowest BCUT2D eigenvalue weighted by atomic mass is 9.93. The largest absolute Gasteiger partial charge is 0.388 e. The van der Waals surface area contributed by atoms with Crippen LogP contribution >= 0.6 is 0 Å². The lowest BCUT2D eigenvalue weighted by molar-refractivity contribution is -0.111. The van der Waals surface area contributed by atoms with Crippen LogP contribution in [0.15, 0.2) is 30.3 Å². The maximum absolute atomic E-state index is 9.71. The molecular formula is C12H16O2. The standard InChI is InChI=1S/C12H16O2/c1-12(13)8-7-11(14-9-12)10-5-3-2-4-6-10/h2-6,11,13H,7-9H2,1H3. The van der Waals surface area contributed by atoms with Crippen LogP contribution in [0.5, 0.6) is 0 Å². The van der Waals surface area contributed by atoms with Gasteiger partial charge >= 0.3 is 0 Å². The summed E-state index contributed by atoms with van der Waals surface area (Å²) in [5, 5.41) is 9.71.